The van der Waals surface area contributed by atoms with Gasteiger partial charge in [0.05, 0.1) is 23.4 Å². The Morgan fingerprint density at radius 2 is 2.05 bits per heavy atom. The summed E-state index contributed by atoms with van der Waals surface area (Å²) in [5.41, 5.74) is 4.26. The van der Waals surface area contributed by atoms with Crippen LogP contribution in [0.2, 0.25) is 5.02 Å². The number of hydrogen-bond donors (Lipinski definition) is 2. The van der Waals surface area contributed by atoms with E-state index < -0.39 is 0 Å². The predicted molar refractivity (Wildman–Crippen MR) is 156 cm³/mol. The minimum Gasteiger partial charge on any atom is -0.492 e. The van der Waals surface area contributed by atoms with Gasteiger partial charge in [-0.2, -0.15) is 0 Å². The molecule has 2 fully saturated rings. The number of benzene rings is 1. The van der Waals surface area contributed by atoms with Crippen LogP contribution in [0.1, 0.15) is 24.1 Å². The number of halogens is 1. The van der Waals surface area contributed by atoms with Crippen LogP contribution in [-0.4, -0.2) is 88.0 Å². The summed E-state index contributed by atoms with van der Waals surface area (Å²) in [5.74, 6) is 2.13. The molecule has 1 atom stereocenters. The van der Waals surface area contributed by atoms with Crippen molar-refractivity contribution in [2.24, 2.45) is 0 Å². The van der Waals surface area contributed by atoms with Crippen molar-refractivity contribution in [1.29, 1.82) is 0 Å². The van der Waals surface area contributed by atoms with Gasteiger partial charge in [0.1, 0.15) is 24.5 Å². The third-order valence-corrected chi connectivity index (χ3v) is 7.73. The summed E-state index contributed by atoms with van der Waals surface area (Å²) in [4.78, 5) is 21.2. The number of hydrogen-bond acceptors (Lipinski definition) is 9. The molecule has 0 spiro atoms. The Balaban J connectivity index is 1.29. The molecule has 4 aromatic rings. The van der Waals surface area contributed by atoms with Crippen LogP contribution < -0.4 is 15.4 Å². The van der Waals surface area contributed by atoms with Crippen molar-refractivity contribution in [3.8, 4) is 17.1 Å². The van der Waals surface area contributed by atoms with Crippen LogP contribution in [0.15, 0.2) is 42.9 Å². The first kappa shape index (κ1) is 26.9. The number of nitrogens with zero attached hydrogens (tertiary/aromatic N) is 6. The maximum absolute atomic E-state index is 6.87. The number of ether oxygens (including phenoxy) is 2. The van der Waals surface area contributed by atoms with Crippen molar-refractivity contribution in [3.63, 3.8) is 0 Å². The van der Waals surface area contributed by atoms with Gasteiger partial charge in [-0.15, -0.1) is 0 Å². The van der Waals surface area contributed by atoms with Crippen molar-refractivity contribution >= 4 is 28.6 Å². The fraction of sp³-hybridized carbons (Fsp3) is 0.448. The molecule has 210 valence electrons. The monoisotopic (exact) mass is 562 g/mol. The smallest absolute Gasteiger partial charge is 0.166 e. The molecule has 5 heterocycles. The molecule has 0 bridgehead atoms. The summed E-state index contributed by atoms with van der Waals surface area (Å²) in [6.07, 6.45) is 5.70. The van der Waals surface area contributed by atoms with Gasteiger partial charge in [-0.05, 0) is 55.7 Å². The Morgan fingerprint density at radius 3 is 2.85 bits per heavy atom. The first-order valence-electron chi connectivity index (χ1n) is 14.0. The molecule has 2 saturated heterocycles. The summed E-state index contributed by atoms with van der Waals surface area (Å²) >= 11 is 6.87. The Morgan fingerprint density at radius 1 is 1.15 bits per heavy atom. The minimum atomic E-state index is 0.177. The van der Waals surface area contributed by atoms with E-state index in [4.69, 9.17) is 26.1 Å². The number of anilines is 1. The van der Waals surface area contributed by atoms with Crippen LogP contribution >= 0.6 is 11.6 Å². The number of pyridine rings is 1. The van der Waals surface area contributed by atoms with Crippen molar-refractivity contribution in [2.45, 2.75) is 32.4 Å². The first-order valence-corrected chi connectivity index (χ1v) is 14.4. The number of nitrogens with one attached hydrogen (secondary N) is 2. The van der Waals surface area contributed by atoms with Crippen LogP contribution in [0.3, 0.4) is 0 Å². The van der Waals surface area contributed by atoms with E-state index >= 15 is 0 Å². The average Bonchev–Trinajstić information content (AvgIpc) is 3.61. The summed E-state index contributed by atoms with van der Waals surface area (Å²) in [6.45, 7) is 9.68. The van der Waals surface area contributed by atoms with Crippen molar-refractivity contribution < 1.29 is 9.47 Å². The molecule has 6 rings (SSSR count). The van der Waals surface area contributed by atoms with Crippen LogP contribution in [0.5, 0.6) is 5.75 Å². The second-order valence-corrected chi connectivity index (χ2v) is 10.7. The second-order valence-electron chi connectivity index (χ2n) is 10.3. The second kappa shape index (κ2) is 12.5. The molecule has 2 aliphatic rings. The van der Waals surface area contributed by atoms with E-state index in [1.165, 1.54) is 0 Å². The zero-order chi connectivity index (χ0) is 27.3. The standard InChI is InChI=1S/C29H35ClN8O2/c1-20-6-7-32-21(15-20)18-38-28(36-26-27(34-19-35-29(26)38)33-17-23-3-2-13-39-23)24-5-4-22(16-25(24)30)40-14-12-37-10-8-31-9-11-37/h4-7,15-16,19,23,31H,2-3,8-14,17-18H2,1H3,(H,33,34,35). The maximum atomic E-state index is 6.87. The zero-order valence-corrected chi connectivity index (χ0v) is 23.5. The lowest BCUT2D eigenvalue weighted by Crippen LogP contribution is -2.44. The molecule has 3 aromatic heterocycles. The molecule has 1 unspecified atom stereocenters. The summed E-state index contributed by atoms with van der Waals surface area (Å²) in [6, 6.07) is 9.85. The van der Waals surface area contributed by atoms with Gasteiger partial charge >= 0.3 is 0 Å². The molecule has 11 heteroatoms. The van der Waals surface area contributed by atoms with Gasteiger partial charge in [0.15, 0.2) is 17.0 Å². The molecule has 0 radical (unpaired) electrons. The highest BCUT2D eigenvalue weighted by Crippen LogP contribution is 2.34. The predicted octanol–water partition coefficient (Wildman–Crippen LogP) is 3.77. The molecule has 0 saturated carbocycles. The van der Waals surface area contributed by atoms with Gasteiger partial charge in [0.25, 0.3) is 0 Å². The number of piperazine rings is 1. The molecule has 0 amide bonds. The van der Waals surface area contributed by atoms with Crippen LogP contribution in [0.4, 0.5) is 5.82 Å². The molecule has 40 heavy (non-hydrogen) atoms. The average molecular weight is 563 g/mol. The van der Waals surface area contributed by atoms with E-state index in [0.717, 1.165) is 80.4 Å². The fourth-order valence-electron chi connectivity index (χ4n) is 5.28. The quantitative estimate of drug-likeness (QED) is 0.299. The van der Waals surface area contributed by atoms with Gasteiger partial charge in [0.2, 0.25) is 0 Å². The van der Waals surface area contributed by atoms with Crippen LogP contribution in [0.25, 0.3) is 22.6 Å². The summed E-state index contributed by atoms with van der Waals surface area (Å²) in [5, 5.41) is 7.38. The third kappa shape index (κ3) is 6.20. The number of aromatic nitrogens is 5. The first-order chi connectivity index (χ1) is 19.6. The van der Waals surface area contributed by atoms with E-state index in [2.05, 4.69) is 48.0 Å². The van der Waals surface area contributed by atoms with E-state index in [1.807, 2.05) is 30.5 Å². The largest absolute Gasteiger partial charge is 0.492 e. The Labute approximate surface area is 239 Å². The molecule has 0 aliphatic carbocycles. The summed E-state index contributed by atoms with van der Waals surface area (Å²) < 4.78 is 13.9. The third-order valence-electron chi connectivity index (χ3n) is 7.41. The SMILES string of the molecule is Cc1ccnc(Cn2c(-c3ccc(OCCN4CCNCC4)cc3Cl)nc3c(NCC4CCCO4)ncnc32)c1. The van der Waals surface area contributed by atoms with Gasteiger partial charge in [-0.25, -0.2) is 15.0 Å². The van der Waals surface area contributed by atoms with Crippen LogP contribution in [0, 0.1) is 6.92 Å². The van der Waals surface area contributed by atoms with Crippen molar-refractivity contribution in [2.75, 3.05) is 57.8 Å². The number of imidazole rings is 1. The van der Waals surface area contributed by atoms with Gasteiger partial charge in [-0.1, -0.05) is 11.6 Å². The van der Waals surface area contributed by atoms with E-state index in [1.54, 1.807) is 6.33 Å². The highest BCUT2D eigenvalue weighted by atomic mass is 35.5. The number of fused-ring (bicyclic) bond motifs is 1. The van der Waals surface area contributed by atoms with Gasteiger partial charge < -0.3 is 24.7 Å². The lowest BCUT2D eigenvalue weighted by molar-refractivity contribution is 0.120. The van der Waals surface area contributed by atoms with Gasteiger partial charge in [-0.3, -0.25) is 9.88 Å². The molecule has 10 nitrogen and oxygen atoms in total. The highest BCUT2D eigenvalue weighted by Gasteiger charge is 2.22. The Hall–Kier alpha value is -3.31. The van der Waals surface area contributed by atoms with E-state index in [-0.39, 0.29) is 6.10 Å². The molecule has 2 N–H and O–H groups in total. The van der Waals surface area contributed by atoms with E-state index in [0.29, 0.717) is 41.9 Å². The summed E-state index contributed by atoms with van der Waals surface area (Å²) in [7, 11) is 0. The molecular weight excluding hydrogens is 528 g/mol. The number of rotatable bonds is 10. The molecule has 1 aromatic carbocycles. The number of aryl methyl sites for hydroxylation is 1. The maximum Gasteiger partial charge on any atom is 0.166 e. The van der Waals surface area contributed by atoms with Crippen molar-refractivity contribution in [3.05, 3.63) is 59.1 Å². The highest BCUT2D eigenvalue weighted by molar-refractivity contribution is 6.33. The lowest BCUT2D eigenvalue weighted by atomic mass is 10.2. The fourth-order valence-corrected chi connectivity index (χ4v) is 5.53. The zero-order valence-electron chi connectivity index (χ0n) is 22.8. The van der Waals surface area contributed by atoms with Crippen molar-refractivity contribution in [1.82, 2.24) is 34.7 Å². The van der Waals surface area contributed by atoms with E-state index in [9.17, 15) is 0 Å². The molecular formula is C29H35ClN8O2. The topological polar surface area (TPSA) is 102 Å². The van der Waals surface area contributed by atoms with Crippen LogP contribution in [-0.2, 0) is 11.3 Å². The minimum absolute atomic E-state index is 0.177. The normalized spacial score (nSPS) is 17.9. The molecule has 2 aliphatic heterocycles. The Kier molecular flexibility index (Phi) is 8.38. The van der Waals surface area contributed by atoms with Gasteiger partial charge in [0, 0.05) is 57.6 Å². The Bertz CT molecular complexity index is 1450. The lowest BCUT2D eigenvalue weighted by Gasteiger charge is -2.26.